The third kappa shape index (κ3) is 3.13. The highest BCUT2D eigenvalue weighted by Gasteiger charge is 2.12. The average molecular weight is 288 g/mol. The molecule has 0 unspecified atom stereocenters. The highest BCUT2D eigenvalue weighted by molar-refractivity contribution is 6.17. The molecule has 3 aromatic carbocycles. The maximum Gasteiger partial charge on any atom is 0.569 e. The van der Waals surface area contributed by atoms with Gasteiger partial charge in [-0.3, -0.25) is 0 Å². The number of anilines is 3. The molecule has 0 aliphatic carbocycles. The van der Waals surface area contributed by atoms with Gasteiger partial charge in [0.25, 0.3) is 0 Å². The fourth-order valence-electron chi connectivity index (χ4n) is 2.36. The van der Waals surface area contributed by atoms with Crippen LogP contribution < -0.4 is 9.55 Å². The molecule has 0 heterocycles. The van der Waals surface area contributed by atoms with E-state index < -0.39 is 0 Å². The van der Waals surface area contributed by atoms with Crippen molar-refractivity contribution in [2.45, 2.75) is 0 Å². The van der Waals surface area contributed by atoms with Crippen molar-refractivity contribution in [1.29, 1.82) is 0 Å². The van der Waals surface area contributed by atoms with E-state index in [0.717, 1.165) is 17.1 Å². The summed E-state index contributed by atoms with van der Waals surface area (Å²) in [5.41, 5.74) is 3.06. The molecule has 3 rings (SSSR count). The predicted octanol–water partition coefficient (Wildman–Crippen LogP) is 4.06. The van der Waals surface area contributed by atoms with Gasteiger partial charge < -0.3 is 14.6 Å². The lowest BCUT2D eigenvalue weighted by atomic mass is 10.2. The summed E-state index contributed by atoms with van der Waals surface area (Å²) in [5, 5.41) is 8.82. The van der Waals surface area contributed by atoms with E-state index in [1.807, 2.05) is 54.6 Å². The zero-order valence-electron chi connectivity index (χ0n) is 12.0. The molecule has 0 saturated heterocycles. The Hall–Kier alpha value is -2.72. The van der Waals surface area contributed by atoms with Gasteiger partial charge in [0, 0.05) is 23.1 Å². The summed E-state index contributed by atoms with van der Waals surface area (Å²) in [4.78, 5) is 2.13. The van der Waals surface area contributed by atoms with Crippen molar-refractivity contribution in [3.8, 4) is 5.75 Å². The van der Waals surface area contributed by atoms with Crippen LogP contribution in [0.3, 0.4) is 0 Å². The first-order chi connectivity index (χ1) is 10.9. The lowest BCUT2D eigenvalue weighted by Crippen LogP contribution is -2.10. The molecule has 0 fully saturated rings. The lowest BCUT2D eigenvalue weighted by molar-refractivity contribution is 0.454. The van der Waals surface area contributed by atoms with Crippen LogP contribution in [0.4, 0.5) is 17.1 Å². The second kappa shape index (κ2) is 6.83. The maximum atomic E-state index is 8.82. The molecule has 0 aliphatic heterocycles. The van der Waals surface area contributed by atoms with E-state index in [2.05, 4.69) is 29.2 Å². The number of hydrogen-bond acceptors (Lipinski definition) is 3. The Bertz CT molecular complexity index is 680. The summed E-state index contributed by atoms with van der Waals surface area (Å²) in [6.07, 6.45) is 0. The van der Waals surface area contributed by atoms with E-state index in [-0.39, 0.29) is 0 Å². The minimum Gasteiger partial charge on any atom is -0.537 e. The van der Waals surface area contributed by atoms with E-state index in [1.54, 1.807) is 6.07 Å². The zero-order chi connectivity index (χ0) is 15.2. The monoisotopic (exact) mass is 288 g/mol. The first kappa shape index (κ1) is 14.2. The van der Waals surface area contributed by atoms with Gasteiger partial charge in [0.05, 0.1) is 0 Å². The van der Waals surface area contributed by atoms with Gasteiger partial charge in [-0.2, -0.15) is 0 Å². The summed E-state index contributed by atoms with van der Waals surface area (Å²) >= 11 is 0. The van der Waals surface area contributed by atoms with Crippen LogP contribution in [0.5, 0.6) is 5.75 Å². The molecule has 0 bridgehead atoms. The summed E-state index contributed by atoms with van der Waals surface area (Å²) in [5.74, 6) is 0.580. The standard InChI is InChI=1S/C18H15BNO2/c21-19-22-18-13-7-12-17(14-18)20(15-8-3-1-4-9-15)16-10-5-2-6-11-16/h1-14,21H. The Morgan fingerprint density at radius 2 is 1.23 bits per heavy atom. The van der Waals surface area contributed by atoms with Crippen molar-refractivity contribution in [3.05, 3.63) is 84.9 Å². The van der Waals surface area contributed by atoms with E-state index >= 15 is 0 Å². The molecule has 4 heteroatoms. The zero-order valence-corrected chi connectivity index (χ0v) is 12.0. The van der Waals surface area contributed by atoms with Crippen LogP contribution in [-0.4, -0.2) is 12.7 Å². The van der Waals surface area contributed by atoms with Crippen molar-refractivity contribution < 1.29 is 9.68 Å². The Morgan fingerprint density at radius 3 is 1.77 bits per heavy atom. The topological polar surface area (TPSA) is 32.7 Å². The maximum absolute atomic E-state index is 8.82. The van der Waals surface area contributed by atoms with E-state index in [0.29, 0.717) is 13.4 Å². The highest BCUT2D eigenvalue weighted by Crippen LogP contribution is 2.35. The summed E-state index contributed by atoms with van der Waals surface area (Å²) in [7, 11) is 0.689. The Morgan fingerprint density at radius 1 is 0.682 bits per heavy atom. The molecule has 3 aromatic rings. The number of benzene rings is 3. The smallest absolute Gasteiger partial charge is 0.537 e. The van der Waals surface area contributed by atoms with E-state index in [9.17, 15) is 0 Å². The summed E-state index contributed by atoms with van der Waals surface area (Å²) in [6, 6.07) is 27.8. The molecule has 22 heavy (non-hydrogen) atoms. The van der Waals surface area contributed by atoms with Gasteiger partial charge in [-0.25, -0.2) is 0 Å². The van der Waals surface area contributed by atoms with Gasteiger partial charge in [0.1, 0.15) is 5.75 Å². The molecule has 3 nitrogen and oxygen atoms in total. The average Bonchev–Trinajstić information content (AvgIpc) is 2.58. The molecule has 1 N–H and O–H groups in total. The van der Waals surface area contributed by atoms with Crippen LogP contribution in [0.1, 0.15) is 0 Å². The van der Waals surface area contributed by atoms with Crippen LogP contribution in [0.15, 0.2) is 84.9 Å². The predicted molar refractivity (Wildman–Crippen MR) is 89.7 cm³/mol. The second-order valence-corrected chi connectivity index (χ2v) is 4.73. The Balaban J connectivity index is 2.08. The van der Waals surface area contributed by atoms with Crippen LogP contribution >= 0.6 is 0 Å². The van der Waals surface area contributed by atoms with Gasteiger partial charge >= 0.3 is 7.69 Å². The third-order valence-electron chi connectivity index (χ3n) is 3.29. The van der Waals surface area contributed by atoms with Crippen LogP contribution in [0.25, 0.3) is 0 Å². The number of hydrogen-bond donors (Lipinski definition) is 1. The SMILES string of the molecule is O[B]Oc1cccc(N(c2ccccc2)c2ccccc2)c1. The lowest BCUT2D eigenvalue weighted by Gasteiger charge is -2.25. The second-order valence-electron chi connectivity index (χ2n) is 4.73. The summed E-state index contributed by atoms with van der Waals surface area (Å²) < 4.78 is 5.07. The van der Waals surface area contributed by atoms with E-state index in [1.165, 1.54) is 0 Å². The Labute approximate surface area is 130 Å². The fourth-order valence-corrected chi connectivity index (χ4v) is 2.36. The molecule has 0 saturated carbocycles. The van der Waals surface area contributed by atoms with Gasteiger partial charge in [0.2, 0.25) is 0 Å². The first-order valence-corrected chi connectivity index (χ1v) is 7.01. The van der Waals surface area contributed by atoms with Gasteiger partial charge in [-0.05, 0) is 36.4 Å². The normalized spacial score (nSPS) is 10.0. The molecule has 0 spiro atoms. The molecular formula is C18H15BNO2. The quantitative estimate of drug-likeness (QED) is 0.718. The number of nitrogens with zero attached hydrogens (tertiary/aromatic N) is 1. The van der Waals surface area contributed by atoms with Crippen molar-refractivity contribution in [2.24, 2.45) is 0 Å². The minimum absolute atomic E-state index is 0.580. The van der Waals surface area contributed by atoms with Crippen LogP contribution in [-0.2, 0) is 0 Å². The highest BCUT2D eigenvalue weighted by atomic mass is 16.5. The number of para-hydroxylation sites is 2. The molecule has 0 aromatic heterocycles. The fraction of sp³-hybridized carbons (Fsp3) is 0. The largest absolute Gasteiger partial charge is 0.569 e. The van der Waals surface area contributed by atoms with Gasteiger partial charge in [-0.1, -0.05) is 42.5 Å². The van der Waals surface area contributed by atoms with Crippen molar-refractivity contribution >= 4 is 24.7 Å². The summed E-state index contributed by atoms with van der Waals surface area (Å²) in [6.45, 7) is 0. The third-order valence-corrected chi connectivity index (χ3v) is 3.29. The molecular weight excluding hydrogens is 273 g/mol. The van der Waals surface area contributed by atoms with Crippen molar-refractivity contribution in [1.82, 2.24) is 0 Å². The molecule has 0 aliphatic rings. The molecule has 107 valence electrons. The number of rotatable bonds is 5. The van der Waals surface area contributed by atoms with Crippen molar-refractivity contribution in [2.75, 3.05) is 4.90 Å². The van der Waals surface area contributed by atoms with Gasteiger partial charge in [0.15, 0.2) is 0 Å². The van der Waals surface area contributed by atoms with Crippen LogP contribution in [0, 0.1) is 0 Å². The molecule has 0 atom stereocenters. The minimum atomic E-state index is 0.580. The van der Waals surface area contributed by atoms with Gasteiger partial charge in [-0.15, -0.1) is 0 Å². The first-order valence-electron chi connectivity index (χ1n) is 7.01. The molecule has 1 radical (unpaired) electrons. The van der Waals surface area contributed by atoms with Crippen LogP contribution in [0.2, 0.25) is 0 Å². The Kier molecular flexibility index (Phi) is 4.42. The molecule has 0 amide bonds. The van der Waals surface area contributed by atoms with E-state index in [4.69, 9.17) is 9.68 Å². The van der Waals surface area contributed by atoms with Crippen molar-refractivity contribution in [3.63, 3.8) is 0 Å².